The molecule has 3 aliphatic rings. The normalized spacial score (nSPS) is 40.2. The van der Waals surface area contributed by atoms with Gasteiger partial charge in [-0.15, -0.1) is 0 Å². The van der Waals surface area contributed by atoms with Gasteiger partial charge in [-0.1, -0.05) is 25.0 Å². The first-order chi connectivity index (χ1) is 8.70. The Morgan fingerprint density at radius 1 is 1.00 bits per heavy atom. The minimum absolute atomic E-state index is 0.0247. The van der Waals surface area contributed by atoms with Crippen LogP contribution in [0.15, 0.2) is 12.2 Å². The number of nitrogens with two attached hydrogens (primary N) is 1. The van der Waals surface area contributed by atoms with E-state index in [2.05, 4.69) is 0 Å². The summed E-state index contributed by atoms with van der Waals surface area (Å²) in [5.41, 5.74) is 6.11. The molecule has 18 heavy (non-hydrogen) atoms. The maximum Gasteiger partial charge on any atom is 0.233 e. The highest BCUT2D eigenvalue weighted by molar-refractivity contribution is 6.05. The molecule has 4 unspecified atom stereocenters. The summed E-state index contributed by atoms with van der Waals surface area (Å²) < 4.78 is 0. The number of hydrogen-bond donors (Lipinski definition) is 1. The molecule has 0 aromatic heterocycles. The highest BCUT2D eigenvalue weighted by Gasteiger charge is 2.50. The molecular weight excluding hydrogens is 228 g/mol. The summed E-state index contributed by atoms with van der Waals surface area (Å²) in [6, 6.07) is -0.0795. The molecule has 4 heteroatoms. The van der Waals surface area contributed by atoms with Gasteiger partial charge in [0.05, 0.1) is 17.9 Å². The Hall–Kier alpha value is -1.16. The minimum Gasteiger partial charge on any atom is -0.326 e. The van der Waals surface area contributed by atoms with Gasteiger partial charge in [-0.05, 0) is 25.7 Å². The van der Waals surface area contributed by atoms with E-state index in [1.807, 2.05) is 12.2 Å². The van der Waals surface area contributed by atoms with Crippen molar-refractivity contribution in [3.05, 3.63) is 12.2 Å². The first-order valence-electron chi connectivity index (χ1n) is 6.97. The molecule has 0 aromatic carbocycles. The topological polar surface area (TPSA) is 63.4 Å². The van der Waals surface area contributed by atoms with E-state index in [0.29, 0.717) is 12.8 Å². The van der Waals surface area contributed by atoms with Crippen LogP contribution in [0.3, 0.4) is 0 Å². The average molecular weight is 248 g/mol. The second-order valence-corrected chi connectivity index (χ2v) is 5.72. The third-order valence-corrected chi connectivity index (χ3v) is 4.65. The molecule has 2 aliphatic carbocycles. The zero-order valence-electron chi connectivity index (χ0n) is 10.5. The number of carbonyl (C=O) groups excluding carboxylic acids is 2. The third kappa shape index (κ3) is 1.70. The van der Waals surface area contributed by atoms with Gasteiger partial charge in [0, 0.05) is 6.04 Å². The molecule has 1 saturated heterocycles. The van der Waals surface area contributed by atoms with Gasteiger partial charge in [-0.3, -0.25) is 14.5 Å². The fourth-order valence-corrected chi connectivity index (χ4v) is 3.61. The van der Waals surface area contributed by atoms with Crippen molar-refractivity contribution in [3.8, 4) is 0 Å². The number of amides is 2. The summed E-state index contributed by atoms with van der Waals surface area (Å²) in [6.07, 6.45) is 9.47. The van der Waals surface area contributed by atoms with Gasteiger partial charge >= 0.3 is 0 Å². The summed E-state index contributed by atoms with van der Waals surface area (Å²) in [5.74, 6) is -0.179. The predicted octanol–water partition coefficient (Wildman–Crippen LogP) is 1.21. The summed E-state index contributed by atoms with van der Waals surface area (Å²) in [7, 11) is 0. The van der Waals surface area contributed by atoms with E-state index in [1.165, 1.54) is 4.90 Å². The number of likely N-dealkylation sites (tertiary alicyclic amines) is 1. The number of imide groups is 1. The van der Waals surface area contributed by atoms with E-state index < -0.39 is 0 Å². The van der Waals surface area contributed by atoms with Gasteiger partial charge < -0.3 is 5.73 Å². The number of fused-ring (bicyclic) bond motifs is 1. The minimum atomic E-state index is -0.114. The van der Waals surface area contributed by atoms with Crippen LogP contribution in [0, 0.1) is 11.8 Å². The van der Waals surface area contributed by atoms with Crippen LogP contribution in [0.4, 0.5) is 0 Å². The zero-order chi connectivity index (χ0) is 12.7. The molecule has 1 aliphatic heterocycles. The molecule has 2 fully saturated rings. The molecule has 0 spiro atoms. The van der Waals surface area contributed by atoms with Gasteiger partial charge in [0.2, 0.25) is 11.8 Å². The van der Waals surface area contributed by atoms with Gasteiger partial charge in [0.1, 0.15) is 0 Å². The number of nitrogens with zero attached hydrogens (tertiary/aromatic N) is 1. The molecule has 1 heterocycles. The van der Waals surface area contributed by atoms with Crippen molar-refractivity contribution in [1.29, 1.82) is 0 Å². The lowest BCUT2D eigenvalue weighted by Gasteiger charge is -2.34. The van der Waals surface area contributed by atoms with Crippen LogP contribution in [-0.4, -0.2) is 28.8 Å². The Kier molecular flexibility index (Phi) is 2.98. The van der Waals surface area contributed by atoms with Crippen molar-refractivity contribution in [2.75, 3.05) is 0 Å². The number of hydrogen-bond acceptors (Lipinski definition) is 3. The average Bonchev–Trinajstić information content (AvgIpc) is 2.64. The summed E-state index contributed by atoms with van der Waals surface area (Å²) in [5, 5.41) is 0. The SMILES string of the molecule is NC1CCCCC1N1C(=O)C2CC=CCC2C1=O. The first-order valence-corrected chi connectivity index (χ1v) is 6.97. The van der Waals surface area contributed by atoms with E-state index in [1.54, 1.807) is 0 Å². The standard InChI is InChI=1S/C14H20N2O2/c15-11-7-3-4-8-12(11)16-13(17)9-5-1-2-6-10(9)14(16)18/h1-2,9-12H,3-8,15H2. The second kappa shape index (κ2) is 4.50. The molecular formula is C14H20N2O2. The van der Waals surface area contributed by atoms with E-state index in [4.69, 9.17) is 5.73 Å². The van der Waals surface area contributed by atoms with Gasteiger partial charge in [0.25, 0.3) is 0 Å². The van der Waals surface area contributed by atoms with Crippen molar-refractivity contribution >= 4 is 11.8 Å². The smallest absolute Gasteiger partial charge is 0.233 e. The molecule has 4 atom stereocenters. The number of carbonyl (C=O) groups is 2. The van der Waals surface area contributed by atoms with Gasteiger partial charge in [0.15, 0.2) is 0 Å². The van der Waals surface area contributed by atoms with Crippen LogP contribution < -0.4 is 5.73 Å². The lowest BCUT2D eigenvalue weighted by Crippen LogP contribution is -2.52. The fraction of sp³-hybridized carbons (Fsp3) is 0.714. The summed E-state index contributed by atoms with van der Waals surface area (Å²) in [4.78, 5) is 26.3. The molecule has 98 valence electrons. The largest absolute Gasteiger partial charge is 0.326 e. The van der Waals surface area contributed by atoms with Crippen LogP contribution in [0.25, 0.3) is 0 Å². The number of allylic oxidation sites excluding steroid dienone is 2. The van der Waals surface area contributed by atoms with Crippen LogP contribution in [0.5, 0.6) is 0 Å². The third-order valence-electron chi connectivity index (χ3n) is 4.65. The quantitative estimate of drug-likeness (QED) is 0.560. The van der Waals surface area contributed by atoms with Crippen molar-refractivity contribution in [1.82, 2.24) is 4.90 Å². The summed E-state index contributed by atoms with van der Waals surface area (Å²) in [6.45, 7) is 0. The molecule has 2 amide bonds. The second-order valence-electron chi connectivity index (χ2n) is 5.72. The lowest BCUT2D eigenvalue weighted by atomic mass is 9.85. The Balaban J connectivity index is 1.84. The van der Waals surface area contributed by atoms with E-state index in [0.717, 1.165) is 25.7 Å². The Morgan fingerprint density at radius 3 is 2.11 bits per heavy atom. The van der Waals surface area contributed by atoms with E-state index in [9.17, 15) is 9.59 Å². The van der Waals surface area contributed by atoms with Crippen molar-refractivity contribution in [2.45, 2.75) is 50.6 Å². The van der Waals surface area contributed by atoms with Gasteiger partial charge in [-0.25, -0.2) is 0 Å². The highest BCUT2D eigenvalue weighted by Crippen LogP contribution is 2.38. The Labute approximate surface area is 107 Å². The molecule has 3 rings (SSSR count). The number of rotatable bonds is 1. The monoisotopic (exact) mass is 248 g/mol. The van der Waals surface area contributed by atoms with E-state index in [-0.39, 0.29) is 35.7 Å². The Morgan fingerprint density at radius 2 is 1.56 bits per heavy atom. The van der Waals surface area contributed by atoms with Crippen LogP contribution in [0.2, 0.25) is 0 Å². The van der Waals surface area contributed by atoms with Gasteiger partial charge in [-0.2, -0.15) is 0 Å². The maximum atomic E-state index is 12.4. The zero-order valence-corrected chi connectivity index (χ0v) is 10.5. The van der Waals surface area contributed by atoms with Crippen molar-refractivity contribution < 1.29 is 9.59 Å². The van der Waals surface area contributed by atoms with Crippen LogP contribution in [0.1, 0.15) is 38.5 Å². The molecule has 0 aromatic rings. The molecule has 2 N–H and O–H groups in total. The fourth-order valence-electron chi connectivity index (χ4n) is 3.61. The predicted molar refractivity (Wildman–Crippen MR) is 67.4 cm³/mol. The lowest BCUT2D eigenvalue weighted by molar-refractivity contribution is -0.143. The Bertz CT molecular complexity index is 379. The van der Waals surface area contributed by atoms with Crippen LogP contribution in [-0.2, 0) is 9.59 Å². The molecule has 0 bridgehead atoms. The molecule has 4 nitrogen and oxygen atoms in total. The molecule has 0 radical (unpaired) electrons. The van der Waals surface area contributed by atoms with Crippen LogP contribution >= 0.6 is 0 Å². The highest BCUT2D eigenvalue weighted by atomic mass is 16.2. The van der Waals surface area contributed by atoms with Crippen molar-refractivity contribution in [3.63, 3.8) is 0 Å². The first kappa shape index (κ1) is 11.9. The van der Waals surface area contributed by atoms with E-state index >= 15 is 0 Å². The molecule has 1 saturated carbocycles. The summed E-state index contributed by atoms with van der Waals surface area (Å²) >= 11 is 0. The maximum absolute atomic E-state index is 12.4. The van der Waals surface area contributed by atoms with Crippen molar-refractivity contribution in [2.24, 2.45) is 17.6 Å².